The number of pyridine rings is 1. The van der Waals surface area contributed by atoms with Gasteiger partial charge in [0.2, 0.25) is 0 Å². The molecule has 3 rings (SSSR count). The minimum absolute atomic E-state index is 0.203. The van der Waals surface area contributed by atoms with Gasteiger partial charge in [0, 0.05) is 16.5 Å². The summed E-state index contributed by atoms with van der Waals surface area (Å²) in [6.45, 7) is 0. The number of halogens is 1. The molecule has 0 aliphatic heterocycles. The fraction of sp³-hybridized carbons (Fsp3) is 0.0714. The zero-order valence-corrected chi connectivity index (χ0v) is 11.1. The first-order valence-electron chi connectivity index (χ1n) is 5.59. The Bertz CT molecular complexity index is 688. The molecular weight excluding hydrogens is 264 g/mol. The van der Waals surface area contributed by atoms with Crippen molar-refractivity contribution in [2.24, 2.45) is 5.73 Å². The van der Waals surface area contributed by atoms with Gasteiger partial charge < -0.3 is 5.73 Å². The molecule has 0 fully saturated rings. The SMILES string of the molecule is NC(c1sccc1Cl)c1ccnc2ccccc12. The summed E-state index contributed by atoms with van der Waals surface area (Å²) in [6, 6.07) is 11.6. The maximum absolute atomic E-state index is 6.33. The highest BCUT2D eigenvalue weighted by Gasteiger charge is 2.16. The Morgan fingerprint density at radius 3 is 2.78 bits per heavy atom. The molecule has 0 bridgehead atoms. The average Bonchev–Trinajstić information content (AvgIpc) is 2.83. The standard InChI is InChI=1S/C14H11ClN2S/c15-11-6-8-18-14(11)13(16)10-5-7-17-12-4-2-1-3-9(10)12/h1-8,13H,16H2. The molecular formula is C14H11ClN2S. The van der Waals surface area contributed by atoms with Crippen LogP contribution in [0.5, 0.6) is 0 Å². The molecule has 0 amide bonds. The topological polar surface area (TPSA) is 38.9 Å². The van der Waals surface area contributed by atoms with Crippen LogP contribution in [0.3, 0.4) is 0 Å². The van der Waals surface area contributed by atoms with Gasteiger partial charge in [-0.15, -0.1) is 11.3 Å². The Morgan fingerprint density at radius 2 is 2.00 bits per heavy atom. The van der Waals surface area contributed by atoms with Gasteiger partial charge in [-0.05, 0) is 29.1 Å². The lowest BCUT2D eigenvalue weighted by atomic mass is 10.0. The van der Waals surface area contributed by atoms with E-state index in [1.54, 1.807) is 17.5 Å². The number of thiophene rings is 1. The van der Waals surface area contributed by atoms with Crippen LogP contribution in [0, 0.1) is 0 Å². The number of benzene rings is 1. The van der Waals surface area contributed by atoms with Crippen LogP contribution in [0.1, 0.15) is 16.5 Å². The van der Waals surface area contributed by atoms with E-state index in [-0.39, 0.29) is 6.04 Å². The number of hydrogen-bond acceptors (Lipinski definition) is 3. The van der Waals surface area contributed by atoms with Crippen molar-refractivity contribution in [3.05, 3.63) is 63.4 Å². The fourth-order valence-corrected chi connectivity index (χ4v) is 3.25. The lowest BCUT2D eigenvalue weighted by molar-refractivity contribution is 0.901. The van der Waals surface area contributed by atoms with E-state index in [0.29, 0.717) is 0 Å². The smallest absolute Gasteiger partial charge is 0.0705 e. The van der Waals surface area contributed by atoms with Crippen molar-refractivity contribution in [1.82, 2.24) is 4.98 Å². The molecule has 4 heteroatoms. The van der Waals surface area contributed by atoms with Crippen LogP contribution in [-0.4, -0.2) is 4.98 Å². The molecule has 0 radical (unpaired) electrons. The molecule has 90 valence electrons. The normalized spacial score (nSPS) is 12.8. The minimum atomic E-state index is -0.203. The van der Waals surface area contributed by atoms with E-state index >= 15 is 0 Å². The van der Waals surface area contributed by atoms with Crippen molar-refractivity contribution in [2.45, 2.75) is 6.04 Å². The first-order chi connectivity index (χ1) is 8.77. The predicted octanol–water partition coefficient (Wildman–Crippen LogP) is 4.00. The first-order valence-corrected chi connectivity index (χ1v) is 6.85. The summed E-state index contributed by atoms with van der Waals surface area (Å²) in [4.78, 5) is 5.34. The van der Waals surface area contributed by atoms with Crippen LogP contribution in [0.25, 0.3) is 10.9 Å². The Kier molecular flexibility index (Phi) is 3.04. The monoisotopic (exact) mass is 274 g/mol. The van der Waals surface area contributed by atoms with Gasteiger partial charge in [-0.2, -0.15) is 0 Å². The molecule has 0 saturated carbocycles. The van der Waals surface area contributed by atoms with Gasteiger partial charge in [-0.1, -0.05) is 29.8 Å². The summed E-state index contributed by atoms with van der Waals surface area (Å²) in [7, 11) is 0. The molecule has 1 aromatic carbocycles. The van der Waals surface area contributed by atoms with Crippen molar-refractivity contribution < 1.29 is 0 Å². The number of aromatic nitrogens is 1. The number of hydrogen-bond donors (Lipinski definition) is 1. The highest BCUT2D eigenvalue weighted by molar-refractivity contribution is 7.10. The lowest BCUT2D eigenvalue weighted by Gasteiger charge is -2.13. The molecule has 0 saturated heterocycles. The molecule has 1 unspecified atom stereocenters. The van der Waals surface area contributed by atoms with E-state index in [9.17, 15) is 0 Å². The number of para-hydroxylation sites is 1. The summed E-state index contributed by atoms with van der Waals surface area (Å²) in [6.07, 6.45) is 1.79. The van der Waals surface area contributed by atoms with Crippen LogP contribution < -0.4 is 5.73 Å². The molecule has 2 heterocycles. The van der Waals surface area contributed by atoms with Crippen molar-refractivity contribution in [2.75, 3.05) is 0 Å². The van der Waals surface area contributed by atoms with E-state index in [1.807, 2.05) is 41.8 Å². The van der Waals surface area contributed by atoms with E-state index in [0.717, 1.165) is 26.4 Å². The van der Waals surface area contributed by atoms with Crippen LogP contribution in [-0.2, 0) is 0 Å². The van der Waals surface area contributed by atoms with E-state index in [2.05, 4.69) is 4.98 Å². The van der Waals surface area contributed by atoms with E-state index in [1.165, 1.54) is 0 Å². The molecule has 0 spiro atoms. The average molecular weight is 275 g/mol. The summed E-state index contributed by atoms with van der Waals surface area (Å²) in [5.41, 5.74) is 8.34. The molecule has 0 aliphatic carbocycles. The Morgan fingerprint density at radius 1 is 1.17 bits per heavy atom. The quantitative estimate of drug-likeness (QED) is 0.767. The van der Waals surface area contributed by atoms with Gasteiger partial charge >= 0.3 is 0 Å². The van der Waals surface area contributed by atoms with Crippen molar-refractivity contribution in [3.8, 4) is 0 Å². The van der Waals surface area contributed by atoms with Gasteiger partial charge in [0.15, 0.2) is 0 Å². The molecule has 2 nitrogen and oxygen atoms in total. The van der Waals surface area contributed by atoms with Crippen LogP contribution in [0.4, 0.5) is 0 Å². The second-order valence-corrected chi connectivity index (χ2v) is 5.38. The molecule has 2 N–H and O–H groups in total. The number of nitrogens with two attached hydrogens (primary N) is 1. The van der Waals surface area contributed by atoms with Crippen molar-refractivity contribution in [3.63, 3.8) is 0 Å². The van der Waals surface area contributed by atoms with E-state index in [4.69, 9.17) is 17.3 Å². The van der Waals surface area contributed by atoms with Gasteiger partial charge in [0.1, 0.15) is 0 Å². The molecule has 3 aromatic rings. The maximum atomic E-state index is 6.33. The molecule has 1 atom stereocenters. The lowest BCUT2D eigenvalue weighted by Crippen LogP contribution is -2.11. The minimum Gasteiger partial charge on any atom is -0.320 e. The van der Waals surface area contributed by atoms with Crippen molar-refractivity contribution >= 4 is 33.8 Å². The summed E-state index contributed by atoms with van der Waals surface area (Å²) in [5, 5.41) is 3.77. The highest BCUT2D eigenvalue weighted by Crippen LogP contribution is 2.33. The second kappa shape index (κ2) is 4.69. The zero-order valence-electron chi connectivity index (χ0n) is 9.51. The van der Waals surface area contributed by atoms with Gasteiger partial charge in [-0.3, -0.25) is 4.98 Å². The van der Waals surface area contributed by atoms with Gasteiger partial charge in [-0.25, -0.2) is 0 Å². The largest absolute Gasteiger partial charge is 0.320 e. The number of fused-ring (bicyclic) bond motifs is 1. The summed E-state index contributed by atoms with van der Waals surface area (Å²) >= 11 is 7.73. The number of nitrogens with zero attached hydrogens (tertiary/aromatic N) is 1. The molecule has 2 aromatic heterocycles. The third-order valence-corrected chi connectivity index (χ3v) is 4.39. The third kappa shape index (κ3) is 1.90. The van der Waals surface area contributed by atoms with Crippen LogP contribution >= 0.6 is 22.9 Å². The van der Waals surface area contributed by atoms with Crippen molar-refractivity contribution in [1.29, 1.82) is 0 Å². The summed E-state index contributed by atoms with van der Waals surface area (Å²) in [5.74, 6) is 0. The Hall–Kier alpha value is -1.42. The third-order valence-electron chi connectivity index (χ3n) is 2.95. The van der Waals surface area contributed by atoms with Crippen LogP contribution in [0.15, 0.2) is 48.0 Å². The predicted molar refractivity (Wildman–Crippen MR) is 77.1 cm³/mol. The molecule has 0 aliphatic rings. The Labute approximate surface area is 114 Å². The zero-order chi connectivity index (χ0) is 12.5. The fourth-order valence-electron chi connectivity index (χ4n) is 2.06. The summed E-state index contributed by atoms with van der Waals surface area (Å²) < 4.78 is 0. The first kappa shape index (κ1) is 11.7. The highest BCUT2D eigenvalue weighted by atomic mass is 35.5. The second-order valence-electron chi connectivity index (χ2n) is 4.03. The van der Waals surface area contributed by atoms with E-state index < -0.39 is 0 Å². The molecule has 18 heavy (non-hydrogen) atoms. The van der Waals surface area contributed by atoms with Crippen LogP contribution in [0.2, 0.25) is 5.02 Å². The Balaban J connectivity index is 2.18. The number of rotatable bonds is 2. The van der Waals surface area contributed by atoms with Gasteiger partial charge in [0.25, 0.3) is 0 Å². The maximum Gasteiger partial charge on any atom is 0.0705 e. The van der Waals surface area contributed by atoms with Gasteiger partial charge in [0.05, 0.1) is 16.6 Å².